The molecule has 3 rings (SSSR count). The molecule has 1 aromatic rings. The highest BCUT2D eigenvalue weighted by molar-refractivity contribution is 7.89. The molecule has 7 heteroatoms. The van der Waals surface area contributed by atoms with E-state index in [9.17, 15) is 8.42 Å². The Hall–Kier alpha value is -0.820. The number of sulfonamides is 1. The first kappa shape index (κ1) is 18.5. The van der Waals surface area contributed by atoms with Crippen LogP contribution in [0.25, 0.3) is 0 Å². The van der Waals surface area contributed by atoms with E-state index in [4.69, 9.17) is 4.74 Å². The molecular weight excluding hydrogens is 336 g/mol. The minimum atomic E-state index is -3.45. The first-order valence-electron chi connectivity index (χ1n) is 8.04. The fourth-order valence-electron chi connectivity index (χ4n) is 3.30. The summed E-state index contributed by atoms with van der Waals surface area (Å²) in [5, 5.41) is 3.26. The van der Waals surface area contributed by atoms with Crippen molar-refractivity contribution in [3.8, 4) is 5.75 Å². The zero-order chi connectivity index (χ0) is 15.7. The number of rotatable bonds is 5. The second-order valence-corrected chi connectivity index (χ2v) is 8.06. The van der Waals surface area contributed by atoms with Crippen molar-refractivity contribution in [3.05, 3.63) is 23.8 Å². The van der Waals surface area contributed by atoms with E-state index in [2.05, 4.69) is 5.32 Å². The van der Waals surface area contributed by atoms with Gasteiger partial charge >= 0.3 is 0 Å². The first-order chi connectivity index (χ1) is 10.5. The molecule has 0 aliphatic carbocycles. The largest absolute Gasteiger partial charge is 0.490 e. The van der Waals surface area contributed by atoms with Gasteiger partial charge in [0.05, 0.1) is 4.90 Å². The van der Waals surface area contributed by atoms with Gasteiger partial charge in [-0.3, -0.25) is 0 Å². The summed E-state index contributed by atoms with van der Waals surface area (Å²) >= 11 is 0. The molecule has 0 amide bonds. The summed E-state index contributed by atoms with van der Waals surface area (Å²) in [5.41, 5.74) is 0.995. The second kappa shape index (κ2) is 7.38. The van der Waals surface area contributed by atoms with E-state index in [0.29, 0.717) is 11.4 Å². The molecule has 130 valence electrons. The van der Waals surface area contributed by atoms with Gasteiger partial charge < -0.3 is 10.1 Å². The van der Waals surface area contributed by atoms with Gasteiger partial charge in [-0.1, -0.05) is 6.92 Å². The molecule has 2 aliphatic rings. The van der Waals surface area contributed by atoms with Gasteiger partial charge in [0, 0.05) is 25.6 Å². The van der Waals surface area contributed by atoms with Crippen molar-refractivity contribution < 1.29 is 13.2 Å². The van der Waals surface area contributed by atoms with E-state index in [1.807, 2.05) is 13.8 Å². The Bertz CT molecular complexity index is 645. The van der Waals surface area contributed by atoms with Gasteiger partial charge in [-0.05, 0) is 50.1 Å². The molecule has 1 fully saturated rings. The average molecular weight is 361 g/mol. The number of halogens is 1. The van der Waals surface area contributed by atoms with Crippen LogP contribution in [0.1, 0.15) is 32.3 Å². The minimum Gasteiger partial charge on any atom is -0.490 e. The van der Waals surface area contributed by atoms with Crippen LogP contribution in [0.4, 0.5) is 0 Å². The first-order valence-corrected chi connectivity index (χ1v) is 9.48. The predicted molar refractivity (Wildman–Crippen MR) is 92.9 cm³/mol. The standard InChI is InChI=1S/C16H24N2O3S.ClH/c1-3-8-18(14-6-7-17-11-14)22(19,20)15-4-5-16-13(10-15)9-12(2)21-16;/h4-5,10,12,14,17H,3,6-9,11H2,1-2H3;1H. The van der Waals surface area contributed by atoms with Crippen molar-refractivity contribution >= 4 is 22.4 Å². The van der Waals surface area contributed by atoms with E-state index in [1.54, 1.807) is 22.5 Å². The third-order valence-corrected chi connectivity index (χ3v) is 6.31. The maximum atomic E-state index is 13.0. The molecular formula is C16H25ClN2O3S. The fourth-order valence-corrected chi connectivity index (χ4v) is 5.10. The zero-order valence-electron chi connectivity index (χ0n) is 13.6. The van der Waals surface area contributed by atoms with E-state index in [1.165, 1.54) is 0 Å². The summed E-state index contributed by atoms with van der Waals surface area (Å²) in [6.45, 7) is 6.21. The van der Waals surface area contributed by atoms with Crippen molar-refractivity contribution in [2.45, 2.75) is 50.2 Å². The van der Waals surface area contributed by atoms with Crippen LogP contribution >= 0.6 is 12.4 Å². The smallest absolute Gasteiger partial charge is 0.243 e. The number of hydrogen-bond acceptors (Lipinski definition) is 4. The van der Waals surface area contributed by atoms with Crippen LogP contribution in [-0.4, -0.2) is 44.5 Å². The monoisotopic (exact) mass is 360 g/mol. The maximum Gasteiger partial charge on any atom is 0.243 e. The summed E-state index contributed by atoms with van der Waals surface area (Å²) in [5.74, 6) is 0.816. The molecule has 2 unspecified atom stereocenters. The predicted octanol–water partition coefficient (Wildman–Crippen LogP) is 2.19. The van der Waals surface area contributed by atoms with Gasteiger partial charge in [0.1, 0.15) is 11.9 Å². The van der Waals surface area contributed by atoms with Crippen molar-refractivity contribution in [1.29, 1.82) is 0 Å². The minimum absolute atomic E-state index is 0. The van der Waals surface area contributed by atoms with Crippen LogP contribution in [0.3, 0.4) is 0 Å². The third kappa shape index (κ3) is 3.65. The Balaban J connectivity index is 0.00000192. The molecule has 2 heterocycles. The third-order valence-electron chi connectivity index (χ3n) is 4.36. The molecule has 0 aromatic heterocycles. The van der Waals surface area contributed by atoms with E-state index >= 15 is 0 Å². The Morgan fingerprint density at radius 2 is 2.17 bits per heavy atom. The Labute approximate surface area is 144 Å². The molecule has 1 aromatic carbocycles. The summed E-state index contributed by atoms with van der Waals surface area (Å²) in [6.07, 6.45) is 2.60. The second-order valence-electron chi connectivity index (χ2n) is 6.16. The highest BCUT2D eigenvalue weighted by Crippen LogP contribution is 2.32. The molecule has 0 saturated carbocycles. The van der Waals surface area contributed by atoms with Gasteiger partial charge in [0.25, 0.3) is 0 Å². The Kier molecular flexibility index (Phi) is 5.94. The Morgan fingerprint density at radius 3 is 2.83 bits per heavy atom. The van der Waals surface area contributed by atoms with Crippen LogP contribution in [0, 0.1) is 0 Å². The summed E-state index contributed by atoms with van der Waals surface area (Å²) in [6, 6.07) is 5.33. The van der Waals surface area contributed by atoms with Crippen molar-refractivity contribution in [1.82, 2.24) is 9.62 Å². The van der Waals surface area contributed by atoms with Crippen LogP contribution in [-0.2, 0) is 16.4 Å². The molecule has 2 atom stereocenters. The van der Waals surface area contributed by atoms with Gasteiger partial charge in [-0.15, -0.1) is 12.4 Å². The number of nitrogens with zero attached hydrogens (tertiary/aromatic N) is 1. The topological polar surface area (TPSA) is 58.6 Å². The number of hydrogen-bond donors (Lipinski definition) is 1. The molecule has 23 heavy (non-hydrogen) atoms. The number of fused-ring (bicyclic) bond motifs is 1. The van der Waals surface area contributed by atoms with Gasteiger partial charge in [-0.25, -0.2) is 8.42 Å². The molecule has 0 spiro atoms. The van der Waals surface area contributed by atoms with Crippen LogP contribution in [0.2, 0.25) is 0 Å². The lowest BCUT2D eigenvalue weighted by Crippen LogP contribution is -2.42. The molecule has 1 N–H and O–H groups in total. The van der Waals surface area contributed by atoms with Crippen molar-refractivity contribution in [2.75, 3.05) is 19.6 Å². The van der Waals surface area contributed by atoms with E-state index < -0.39 is 10.0 Å². The summed E-state index contributed by atoms with van der Waals surface area (Å²) in [4.78, 5) is 0.393. The van der Waals surface area contributed by atoms with Gasteiger partial charge in [-0.2, -0.15) is 4.31 Å². The lowest BCUT2D eigenvalue weighted by molar-refractivity contribution is 0.254. The number of nitrogens with one attached hydrogen (secondary N) is 1. The fraction of sp³-hybridized carbons (Fsp3) is 0.625. The van der Waals surface area contributed by atoms with Crippen molar-refractivity contribution in [2.24, 2.45) is 0 Å². The number of benzene rings is 1. The summed E-state index contributed by atoms with van der Waals surface area (Å²) in [7, 11) is -3.45. The Morgan fingerprint density at radius 1 is 1.39 bits per heavy atom. The SMILES string of the molecule is CCCN(C1CCNC1)S(=O)(=O)c1ccc2c(c1)CC(C)O2.Cl. The zero-order valence-corrected chi connectivity index (χ0v) is 15.3. The highest BCUT2D eigenvalue weighted by atomic mass is 35.5. The van der Waals surface area contributed by atoms with E-state index in [-0.39, 0.29) is 24.6 Å². The molecule has 1 saturated heterocycles. The maximum absolute atomic E-state index is 13.0. The average Bonchev–Trinajstić information content (AvgIpc) is 3.11. The molecule has 0 radical (unpaired) electrons. The normalized spacial score (nSPS) is 23.4. The lowest BCUT2D eigenvalue weighted by Gasteiger charge is -2.27. The van der Waals surface area contributed by atoms with Gasteiger partial charge in [0.2, 0.25) is 10.0 Å². The molecule has 5 nitrogen and oxygen atoms in total. The summed E-state index contributed by atoms with van der Waals surface area (Å²) < 4.78 is 33.4. The number of ether oxygens (including phenoxy) is 1. The van der Waals surface area contributed by atoms with Crippen LogP contribution in [0.15, 0.2) is 23.1 Å². The highest BCUT2D eigenvalue weighted by Gasteiger charge is 2.33. The van der Waals surface area contributed by atoms with Crippen LogP contribution in [0.5, 0.6) is 5.75 Å². The quantitative estimate of drug-likeness (QED) is 0.874. The van der Waals surface area contributed by atoms with Crippen molar-refractivity contribution in [3.63, 3.8) is 0 Å². The molecule has 2 aliphatic heterocycles. The van der Waals surface area contributed by atoms with Gasteiger partial charge in [0.15, 0.2) is 0 Å². The van der Waals surface area contributed by atoms with E-state index in [0.717, 1.165) is 43.7 Å². The molecule has 0 bridgehead atoms. The van der Waals surface area contributed by atoms with Crippen LogP contribution < -0.4 is 10.1 Å². The lowest BCUT2D eigenvalue weighted by atomic mass is 10.1.